The van der Waals surface area contributed by atoms with Gasteiger partial charge < -0.3 is 14.8 Å². The second-order valence-corrected chi connectivity index (χ2v) is 10.2. The van der Waals surface area contributed by atoms with Crippen LogP contribution in [0.1, 0.15) is 45.6 Å². The third-order valence-electron chi connectivity index (χ3n) is 5.83. The van der Waals surface area contributed by atoms with Gasteiger partial charge in [-0.2, -0.15) is 0 Å². The average molecular weight is 461 g/mol. The van der Waals surface area contributed by atoms with Gasteiger partial charge in [0, 0.05) is 17.4 Å². The van der Waals surface area contributed by atoms with Gasteiger partial charge in [0.1, 0.15) is 24.1 Å². The molecule has 2 aromatic rings. The Bertz CT molecular complexity index is 1010. The fourth-order valence-electron chi connectivity index (χ4n) is 4.25. The van der Waals surface area contributed by atoms with Crippen LogP contribution in [-0.4, -0.2) is 45.8 Å². The monoisotopic (exact) mass is 460 g/mol. The van der Waals surface area contributed by atoms with Gasteiger partial charge in [0.15, 0.2) is 0 Å². The summed E-state index contributed by atoms with van der Waals surface area (Å²) < 4.78 is 26.0. The molecule has 2 saturated heterocycles. The predicted octanol–water partition coefficient (Wildman–Crippen LogP) is 5.12. The Morgan fingerprint density at radius 3 is 2.81 bits per heavy atom. The fraction of sp³-hybridized carbons (Fsp3) is 0.522. The minimum Gasteiger partial charge on any atom is -0.472 e. The molecule has 4 rings (SSSR count). The molecule has 9 heteroatoms. The summed E-state index contributed by atoms with van der Waals surface area (Å²) >= 11 is 4.15. The number of hydrogen-bond donors (Lipinski definition) is 2. The maximum atomic E-state index is 14.2. The van der Waals surface area contributed by atoms with Crippen LogP contribution in [0.3, 0.4) is 0 Å². The Morgan fingerprint density at radius 1 is 1.31 bits per heavy atom. The number of carbonyl (C=O) groups is 1. The number of aromatic nitrogens is 2. The Labute approximate surface area is 193 Å². The number of rotatable bonds is 5. The number of ether oxygens (including phenoxy) is 2. The van der Waals surface area contributed by atoms with E-state index < -0.39 is 5.82 Å². The lowest BCUT2D eigenvalue weighted by Gasteiger charge is -2.26. The molecule has 2 fully saturated rings. The minimum absolute atomic E-state index is 0.0429. The first-order valence-electron chi connectivity index (χ1n) is 10.8. The van der Waals surface area contributed by atoms with Crippen molar-refractivity contribution in [3.8, 4) is 5.88 Å². The molecular formula is C23H29FN4O3S. The molecule has 3 atom stereocenters. The summed E-state index contributed by atoms with van der Waals surface area (Å²) in [4.78, 5) is 23.6. The molecule has 0 aliphatic carbocycles. The van der Waals surface area contributed by atoms with Crippen LogP contribution in [0.4, 0.5) is 20.7 Å². The maximum Gasteiger partial charge on any atom is 0.410 e. The maximum absolute atomic E-state index is 14.2. The highest BCUT2D eigenvalue weighted by molar-refractivity contribution is 7.80. The number of nitrogens with one attached hydrogen (secondary N) is 1. The molecule has 3 unspecified atom stereocenters. The van der Waals surface area contributed by atoms with Crippen molar-refractivity contribution in [2.24, 2.45) is 5.41 Å². The number of amides is 1. The van der Waals surface area contributed by atoms with Gasteiger partial charge in [-0.05, 0) is 43.4 Å². The van der Waals surface area contributed by atoms with Gasteiger partial charge in [0.2, 0.25) is 5.88 Å². The molecule has 0 radical (unpaired) electrons. The van der Waals surface area contributed by atoms with Gasteiger partial charge in [-0.1, -0.05) is 20.8 Å². The van der Waals surface area contributed by atoms with Crippen LogP contribution in [0.25, 0.3) is 0 Å². The van der Waals surface area contributed by atoms with E-state index in [0.717, 1.165) is 19.3 Å². The Hall–Kier alpha value is -2.55. The molecular weight excluding hydrogens is 431 g/mol. The molecule has 1 amide bonds. The van der Waals surface area contributed by atoms with Crippen LogP contribution >= 0.6 is 12.6 Å². The van der Waals surface area contributed by atoms with Crippen molar-refractivity contribution in [3.63, 3.8) is 0 Å². The van der Waals surface area contributed by atoms with Crippen LogP contribution in [0, 0.1) is 18.2 Å². The van der Waals surface area contributed by atoms with Crippen LogP contribution in [0.15, 0.2) is 29.4 Å². The zero-order valence-electron chi connectivity index (χ0n) is 18.8. The van der Waals surface area contributed by atoms with E-state index in [-0.39, 0.29) is 29.7 Å². The SMILES string of the molecule is Cc1c(Nc2ccc(S)cc2F)ncnc1OC1CC2CCC1N2C(=O)OCC(C)(C)C. The van der Waals surface area contributed by atoms with Crippen molar-refractivity contribution in [1.29, 1.82) is 0 Å². The number of fused-ring (bicyclic) bond motifs is 2. The summed E-state index contributed by atoms with van der Waals surface area (Å²) in [5.74, 6) is 0.468. The number of carbonyl (C=O) groups excluding carboxylic acids is 1. The summed E-state index contributed by atoms with van der Waals surface area (Å²) in [6.45, 7) is 8.30. The van der Waals surface area contributed by atoms with E-state index in [1.165, 1.54) is 12.4 Å². The second kappa shape index (κ2) is 8.77. The Morgan fingerprint density at radius 2 is 2.09 bits per heavy atom. The van der Waals surface area contributed by atoms with Gasteiger partial charge in [-0.25, -0.2) is 19.2 Å². The number of nitrogens with zero attached hydrogens (tertiary/aromatic N) is 3. The molecule has 2 bridgehead atoms. The number of halogens is 1. The van der Waals surface area contributed by atoms with Crippen molar-refractivity contribution in [2.45, 2.75) is 70.0 Å². The van der Waals surface area contributed by atoms with Crippen LogP contribution in [0.5, 0.6) is 5.88 Å². The van der Waals surface area contributed by atoms with E-state index in [2.05, 4.69) is 27.9 Å². The molecule has 172 valence electrons. The molecule has 2 aliphatic heterocycles. The summed E-state index contributed by atoms with van der Waals surface area (Å²) in [6.07, 6.45) is 3.50. The van der Waals surface area contributed by atoms with E-state index in [4.69, 9.17) is 9.47 Å². The summed E-state index contributed by atoms with van der Waals surface area (Å²) in [5, 5.41) is 3.00. The van der Waals surface area contributed by atoms with Crippen molar-refractivity contribution in [3.05, 3.63) is 35.9 Å². The molecule has 3 heterocycles. The summed E-state index contributed by atoms with van der Waals surface area (Å²) in [5.41, 5.74) is 0.882. The van der Waals surface area contributed by atoms with E-state index in [0.29, 0.717) is 34.5 Å². The van der Waals surface area contributed by atoms with Crippen LogP contribution in [0.2, 0.25) is 0 Å². The normalized spacial score (nSPS) is 22.2. The highest BCUT2D eigenvalue weighted by atomic mass is 32.1. The average Bonchev–Trinajstić information content (AvgIpc) is 3.28. The third-order valence-corrected chi connectivity index (χ3v) is 6.10. The lowest BCUT2D eigenvalue weighted by molar-refractivity contribution is 0.0610. The molecule has 1 aromatic carbocycles. The predicted molar refractivity (Wildman–Crippen MR) is 122 cm³/mol. The zero-order valence-corrected chi connectivity index (χ0v) is 19.7. The van der Waals surface area contributed by atoms with Crippen molar-refractivity contribution in [1.82, 2.24) is 14.9 Å². The van der Waals surface area contributed by atoms with E-state index >= 15 is 0 Å². The van der Waals surface area contributed by atoms with E-state index in [9.17, 15) is 9.18 Å². The highest BCUT2D eigenvalue weighted by Gasteiger charge is 2.51. The second-order valence-electron chi connectivity index (χ2n) is 9.65. The first-order valence-corrected chi connectivity index (χ1v) is 11.3. The number of hydrogen-bond acceptors (Lipinski definition) is 7. The van der Waals surface area contributed by atoms with Crippen molar-refractivity contribution >= 4 is 30.2 Å². The van der Waals surface area contributed by atoms with Crippen molar-refractivity contribution < 1.29 is 18.7 Å². The van der Waals surface area contributed by atoms with Crippen molar-refractivity contribution in [2.75, 3.05) is 11.9 Å². The number of anilines is 2. The van der Waals surface area contributed by atoms with Crippen LogP contribution < -0.4 is 10.1 Å². The molecule has 0 saturated carbocycles. The standard InChI is InChI=1S/C23H29FN4O3S/c1-13-20(27-17-7-6-15(32)10-16(17)24)25-12-26-21(13)31-19-9-14-5-8-18(19)28(14)22(29)30-11-23(2,3)4/h6-7,10,12,14,18-19,32H,5,8-9,11H2,1-4H3,(H,25,26,27). The molecule has 1 N–H and O–H groups in total. The van der Waals surface area contributed by atoms with Gasteiger partial charge in [0.25, 0.3) is 0 Å². The van der Waals surface area contributed by atoms with Crippen LogP contribution in [-0.2, 0) is 4.74 Å². The lowest BCUT2D eigenvalue weighted by atomic mass is 9.98. The smallest absolute Gasteiger partial charge is 0.410 e. The van der Waals surface area contributed by atoms with Gasteiger partial charge in [-0.3, -0.25) is 4.90 Å². The minimum atomic E-state index is -0.421. The molecule has 0 spiro atoms. The lowest BCUT2D eigenvalue weighted by Crippen LogP contribution is -2.40. The quantitative estimate of drug-likeness (QED) is 0.603. The molecule has 32 heavy (non-hydrogen) atoms. The third kappa shape index (κ3) is 4.77. The van der Waals surface area contributed by atoms with Gasteiger partial charge in [0.05, 0.1) is 23.9 Å². The number of thiol groups is 1. The summed E-state index contributed by atoms with van der Waals surface area (Å²) in [7, 11) is 0. The molecule has 1 aromatic heterocycles. The first-order chi connectivity index (χ1) is 15.1. The van der Waals surface area contributed by atoms with E-state index in [1.54, 1.807) is 12.1 Å². The zero-order chi connectivity index (χ0) is 23.0. The Balaban J connectivity index is 1.46. The van der Waals surface area contributed by atoms with E-state index in [1.807, 2.05) is 32.6 Å². The Kier molecular flexibility index (Phi) is 6.20. The number of benzene rings is 1. The van der Waals surface area contributed by atoms with Gasteiger partial charge >= 0.3 is 6.09 Å². The summed E-state index contributed by atoms with van der Waals surface area (Å²) in [6, 6.07) is 4.72. The first kappa shape index (κ1) is 22.6. The topological polar surface area (TPSA) is 76.6 Å². The van der Waals surface area contributed by atoms with Gasteiger partial charge in [-0.15, -0.1) is 12.6 Å². The highest BCUT2D eigenvalue weighted by Crippen LogP contribution is 2.41. The fourth-order valence-corrected chi connectivity index (χ4v) is 4.44. The molecule has 7 nitrogen and oxygen atoms in total. The molecule has 2 aliphatic rings. The largest absolute Gasteiger partial charge is 0.472 e.